The van der Waals surface area contributed by atoms with Gasteiger partial charge in [-0.2, -0.15) is 0 Å². The van der Waals surface area contributed by atoms with Gasteiger partial charge < -0.3 is 10.2 Å². The van der Waals surface area contributed by atoms with Gasteiger partial charge in [0.15, 0.2) is 0 Å². The number of rotatable bonds is 13. The molecular formula is C26H34Cl2FN3O4S. The second-order valence-electron chi connectivity index (χ2n) is 9.25. The lowest BCUT2D eigenvalue weighted by Crippen LogP contribution is -2.49. The van der Waals surface area contributed by atoms with Crippen LogP contribution in [-0.4, -0.2) is 50.5 Å². The molecule has 0 aliphatic heterocycles. The highest BCUT2D eigenvalue weighted by Gasteiger charge is 2.29. The third-order valence-corrected chi connectivity index (χ3v) is 7.61. The molecule has 2 aromatic carbocycles. The van der Waals surface area contributed by atoms with Gasteiger partial charge in [-0.15, -0.1) is 0 Å². The highest BCUT2D eigenvalue weighted by atomic mass is 35.5. The van der Waals surface area contributed by atoms with Crippen LogP contribution >= 0.6 is 23.2 Å². The summed E-state index contributed by atoms with van der Waals surface area (Å²) in [4.78, 5) is 27.9. The molecule has 0 bridgehead atoms. The van der Waals surface area contributed by atoms with Gasteiger partial charge in [-0.3, -0.25) is 13.9 Å². The van der Waals surface area contributed by atoms with Gasteiger partial charge in [-0.05, 0) is 60.7 Å². The first-order valence-electron chi connectivity index (χ1n) is 12.1. The molecule has 0 unspecified atom stereocenters. The Bertz CT molecular complexity index is 1180. The number of carbonyl (C=O) groups is 2. The van der Waals surface area contributed by atoms with Crippen molar-refractivity contribution in [3.05, 3.63) is 63.9 Å². The molecule has 0 aliphatic carbocycles. The normalized spacial score (nSPS) is 12.3. The lowest BCUT2D eigenvalue weighted by Gasteiger charge is -2.31. The Kier molecular flexibility index (Phi) is 11.7. The Morgan fingerprint density at radius 1 is 1.05 bits per heavy atom. The van der Waals surface area contributed by atoms with Gasteiger partial charge in [-0.1, -0.05) is 50.0 Å². The second kappa shape index (κ2) is 14.0. The summed E-state index contributed by atoms with van der Waals surface area (Å²) in [5.74, 6) is -0.792. The standard InChI is InChI=1S/C26H34Cl2FN3O4S/c1-5-24(26(34)30-16-18(2)3)31(17-19-8-13-22(27)23(28)15-19)25(33)7-6-14-32(37(4,35)36)21-11-9-20(29)10-12-21/h8-13,15,18,24H,5-7,14,16-17H2,1-4H3,(H,30,34)/t24-/m1/s1. The van der Waals surface area contributed by atoms with Crippen molar-refractivity contribution in [3.63, 3.8) is 0 Å². The van der Waals surface area contributed by atoms with E-state index in [-0.39, 0.29) is 43.7 Å². The Morgan fingerprint density at radius 2 is 1.70 bits per heavy atom. The topological polar surface area (TPSA) is 86.8 Å². The Balaban J connectivity index is 2.23. The van der Waals surface area contributed by atoms with Gasteiger partial charge in [0.25, 0.3) is 0 Å². The van der Waals surface area contributed by atoms with E-state index in [1.54, 1.807) is 18.2 Å². The summed E-state index contributed by atoms with van der Waals surface area (Å²) in [6.07, 6.45) is 1.65. The summed E-state index contributed by atoms with van der Waals surface area (Å²) in [5, 5.41) is 3.62. The average Bonchev–Trinajstić information content (AvgIpc) is 2.82. The number of hydrogen-bond donors (Lipinski definition) is 1. The van der Waals surface area contributed by atoms with E-state index in [1.807, 2.05) is 20.8 Å². The molecule has 0 saturated heterocycles. The highest BCUT2D eigenvalue weighted by molar-refractivity contribution is 7.92. The zero-order valence-corrected chi connectivity index (χ0v) is 23.8. The number of carbonyl (C=O) groups excluding carboxylic acids is 2. The molecule has 0 saturated carbocycles. The van der Waals surface area contributed by atoms with Crippen LogP contribution in [0.5, 0.6) is 0 Å². The molecule has 0 fully saturated rings. The van der Waals surface area contributed by atoms with Crippen LogP contribution in [-0.2, 0) is 26.2 Å². The third kappa shape index (κ3) is 9.47. The predicted molar refractivity (Wildman–Crippen MR) is 147 cm³/mol. The Hall–Kier alpha value is -2.36. The minimum absolute atomic E-state index is 0.00248. The Morgan fingerprint density at radius 3 is 2.24 bits per heavy atom. The first-order valence-corrected chi connectivity index (χ1v) is 14.7. The summed E-state index contributed by atoms with van der Waals surface area (Å²) in [5.41, 5.74) is 1.02. The molecule has 37 heavy (non-hydrogen) atoms. The van der Waals surface area contributed by atoms with Gasteiger partial charge >= 0.3 is 0 Å². The quantitative estimate of drug-likeness (QED) is 0.354. The first kappa shape index (κ1) is 30.9. The van der Waals surface area contributed by atoms with Gasteiger partial charge in [0, 0.05) is 26.1 Å². The average molecular weight is 575 g/mol. The smallest absolute Gasteiger partial charge is 0.242 e. The van der Waals surface area contributed by atoms with Crippen LogP contribution in [0.3, 0.4) is 0 Å². The molecule has 204 valence electrons. The largest absolute Gasteiger partial charge is 0.354 e. The van der Waals surface area contributed by atoms with Gasteiger partial charge in [0.2, 0.25) is 21.8 Å². The number of sulfonamides is 1. The first-order chi connectivity index (χ1) is 17.3. The van der Waals surface area contributed by atoms with Crippen LogP contribution in [0.1, 0.15) is 45.6 Å². The number of benzene rings is 2. The molecule has 2 rings (SSSR count). The molecule has 1 N–H and O–H groups in total. The number of nitrogens with zero attached hydrogens (tertiary/aromatic N) is 2. The molecule has 2 amide bonds. The molecule has 0 spiro atoms. The van der Waals surface area contributed by atoms with E-state index < -0.39 is 21.9 Å². The molecule has 0 heterocycles. The van der Waals surface area contributed by atoms with E-state index in [2.05, 4.69) is 5.32 Å². The van der Waals surface area contributed by atoms with E-state index in [4.69, 9.17) is 23.2 Å². The van der Waals surface area contributed by atoms with Gasteiger partial charge in [-0.25, -0.2) is 12.8 Å². The van der Waals surface area contributed by atoms with Crippen LogP contribution in [0.2, 0.25) is 10.0 Å². The van der Waals surface area contributed by atoms with Crippen molar-refractivity contribution < 1.29 is 22.4 Å². The fraction of sp³-hybridized carbons (Fsp3) is 0.462. The summed E-state index contributed by atoms with van der Waals surface area (Å²) < 4.78 is 39.2. The molecule has 2 aromatic rings. The molecule has 0 aromatic heterocycles. The summed E-state index contributed by atoms with van der Waals surface area (Å²) in [6.45, 7) is 6.42. The van der Waals surface area contributed by atoms with Gasteiger partial charge in [0.05, 0.1) is 22.0 Å². The predicted octanol–water partition coefficient (Wildman–Crippen LogP) is 5.26. The van der Waals surface area contributed by atoms with Crippen molar-refractivity contribution in [1.29, 1.82) is 0 Å². The summed E-state index contributed by atoms with van der Waals surface area (Å²) in [7, 11) is -3.66. The number of halogens is 3. The Labute approximate surface area is 229 Å². The van der Waals surface area contributed by atoms with Crippen LogP contribution in [0.4, 0.5) is 10.1 Å². The SMILES string of the molecule is CC[C@H](C(=O)NCC(C)C)N(Cc1ccc(Cl)c(Cl)c1)C(=O)CCCN(c1ccc(F)cc1)S(C)(=O)=O. The van der Waals surface area contributed by atoms with Crippen LogP contribution in [0.15, 0.2) is 42.5 Å². The van der Waals surface area contributed by atoms with Crippen molar-refractivity contribution in [2.24, 2.45) is 5.92 Å². The van der Waals surface area contributed by atoms with Crippen LogP contribution in [0, 0.1) is 11.7 Å². The van der Waals surface area contributed by atoms with E-state index >= 15 is 0 Å². The lowest BCUT2D eigenvalue weighted by atomic mass is 10.1. The maximum Gasteiger partial charge on any atom is 0.242 e. The number of anilines is 1. The van der Waals surface area contributed by atoms with Crippen molar-refractivity contribution >= 4 is 50.7 Å². The summed E-state index contributed by atoms with van der Waals surface area (Å²) >= 11 is 12.2. The maximum absolute atomic E-state index is 13.4. The maximum atomic E-state index is 13.4. The number of hydrogen-bond acceptors (Lipinski definition) is 4. The molecule has 0 aliphatic rings. The minimum Gasteiger partial charge on any atom is -0.354 e. The molecule has 0 radical (unpaired) electrons. The fourth-order valence-electron chi connectivity index (χ4n) is 3.79. The van der Waals surface area contributed by atoms with E-state index in [0.29, 0.717) is 34.3 Å². The second-order valence-corrected chi connectivity index (χ2v) is 12.0. The van der Waals surface area contributed by atoms with E-state index in [1.165, 1.54) is 29.2 Å². The van der Waals surface area contributed by atoms with Crippen LogP contribution < -0.4 is 9.62 Å². The van der Waals surface area contributed by atoms with Crippen LogP contribution in [0.25, 0.3) is 0 Å². The fourth-order valence-corrected chi connectivity index (χ4v) is 5.07. The lowest BCUT2D eigenvalue weighted by molar-refractivity contribution is -0.141. The zero-order chi connectivity index (χ0) is 27.8. The van der Waals surface area contributed by atoms with Crippen molar-refractivity contribution in [3.8, 4) is 0 Å². The van der Waals surface area contributed by atoms with Crippen molar-refractivity contribution in [2.45, 2.75) is 52.6 Å². The number of nitrogens with one attached hydrogen (secondary N) is 1. The molecule has 7 nitrogen and oxygen atoms in total. The minimum atomic E-state index is -3.66. The molecule has 11 heteroatoms. The molecular weight excluding hydrogens is 540 g/mol. The third-order valence-electron chi connectivity index (χ3n) is 5.67. The van der Waals surface area contributed by atoms with Crippen molar-refractivity contribution in [1.82, 2.24) is 10.2 Å². The highest BCUT2D eigenvalue weighted by Crippen LogP contribution is 2.25. The van der Waals surface area contributed by atoms with E-state index in [9.17, 15) is 22.4 Å². The number of amides is 2. The summed E-state index contributed by atoms with van der Waals surface area (Å²) in [6, 6.07) is 9.42. The van der Waals surface area contributed by atoms with E-state index in [0.717, 1.165) is 10.6 Å². The zero-order valence-electron chi connectivity index (χ0n) is 21.5. The monoisotopic (exact) mass is 573 g/mol. The van der Waals surface area contributed by atoms with Gasteiger partial charge in [0.1, 0.15) is 11.9 Å². The molecule has 1 atom stereocenters. The van der Waals surface area contributed by atoms with Crippen molar-refractivity contribution in [2.75, 3.05) is 23.7 Å².